The molecule has 0 amide bonds. The SMILES string of the molecule is O=S(=O)(Nc1ccc(Cl)c2c(Cl)c[nH]c12)c1cccc(OCCc2ccc(-n3cnnc3)cc2)c1F. The minimum atomic E-state index is -4.29. The zero-order valence-electron chi connectivity index (χ0n) is 18.5. The molecule has 0 fully saturated rings. The highest BCUT2D eigenvalue weighted by atomic mass is 35.5. The van der Waals surface area contributed by atoms with Gasteiger partial charge in [0.15, 0.2) is 11.6 Å². The maximum atomic E-state index is 15.2. The van der Waals surface area contributed by atoms with Gasteiger partial charge in [-0.25, -0.2) is 12.8 Å². The van der Waals surface area contributed by atoms with E-state index in [1.54, 1.807) is 17.2 Å². The van der Waals surface area contributed by atoms with Crippen LogP contribution in [0.5, 0.6) is 5.75 Å². The Hall–Kier alpha value is -3.60. The zero-order valence-corrected chi connectivity index (χ0v) is 20.8. The number of benzene rings is 3. The molecule has 0 radical (unpaired) electrons. The summed E-state index contributed by atoms with van der Waals surface area (Å²) >= 11 is 12.3. The molecule has 36 heavy (non-hydrogen) atoms. The van der Waals surface area contributed by atoms with Crippen LogP contribution in [0.1, 0.15) is 5.56 Å². The van der Waals surface area contributed by atoms with Crippen LogP contribution in [0.4, 0.5) is 10.1 Å². The van der Waals surface area contributed by atoms with Gasteiger partial charge in [-0.3, -0.25) is 9.29 Å². The van der Waals surface area contributed by atoms with Gasteiger partial charge in [0, 0.05) is 23.7 Å². The van der Waals surface area contributed by atoms with Gasteiger partial charge in [-0.1, -0.05) is 41.4 Å². The molecule has 0 saturated carbocycles. The first kappa shape index (κ1) is 24.1. The van der Waals surface area contributed by atoms with Crippen molar-refractivity contribution in [2.24, 2.45) is 0 Å². The van der Waals surface area contributed by atoms with Crippen molar-refractivity contribution in [3.05, 3.63) is 94.9 Å². The number of hydrogen-bond donors (Lipinski definition) is 2. The normalized spacial score (nSPS) is 11.6. The Morgan fingerprint density at radius 1 is 1.00 bits per heavy atom. The lowest BCUT2D eigenvalue weighted by Gasteiger charge is -2.13. The number of rotatable bonds is 8. The number of halogens is 3. The minimum absolute atomic E-state index is 0.151. The van der Waals surface area contributed by atoms with Crippen LogP contribution in [0, 0.1) is 5.82 Å². The first-order valence-corrected chi connectivity index (χ1v) is 12.9. The molecular formula is C24H18Cl2FN5O3S. The number of nitrogens with zero attached hydrogens (tertiary/aromatic N) is 3. The van der Waals surface area contributed by atoms with Gasteiger partial charge in [-0.15, -0.1) is 10.2 Å². The lowest BCUT2D eigenvalue weighted by atomic mass is 10.1. The van der Waals surface area contributed by atoms with E-state index in [9.17, 15) is 8.42 Å². The van der Waals surface area contributed by atoms with Crippen LogP contribution in [0.2, 0.25) is 10.0 Å². The number of hydrogen-bond acceptors (Lipinski definition) is 5. The third-order valence-electron chi connectivity index (χ3n) is 5.50. The predicted molar refractivity (Wildman–Crippen MR) is 136 cm³/mol. The van der Waals surface area contributed by atoms with E-state index in [2.05, 4.69) is 19.9 Å². The first-order chi connectivity index (χ1) is 17.3. The van der Waals surface area contributed by atoms with Crippen LogP contribution < -0.4 is 9.46 Å². The standard InChI is InChI=1S/C24H18Cl2FN5O3S/c25-17-8-9-19(24-22(17)18(26)12-28-24)31-36(33,34)21-3-1-2-20(23(21)27)35-11-10-15-4-6-16(7-5-15)32-13-29-30-14-32/h1-9,12-14,28,31H,10-11H2. The van der Waals surface area contributed by atoms with E-state index < -0.39 is 20.7 Å². The number of nitrogens with one attached hydrogen (secondary N) is 2. The van der Waals surface area contributed by atoms with E-state index in [1.165, 1.54) is 36.5 Å². The van der Waals surface area contributed by atoms with E-state index in [0.29, 0.717) is 27.4 Å². The summed E-state index contributed by atoms with van der Waals surface area (Å²) < 4.78 is 51.0. The number of sulfonamides is 1. The van der Waals surface area contributed by atoms with Gasteiger partial charge in [0.05, 0.1) is 27.9 Å². The van der Waals surface area contributed by atoms with E-state index in [0.717, 1.165) is 11.3 Å². The average molecular weight is 546 g/mol. The molecule has 5 rings (SSSR count). The summed E-state index contributed by atoms with van der Waals surface area (Å²) in [5, 5.41) is 8.71. The molecule has 0 aliphatic rings. The number of aromatic nitrogens is 4. The minimum Gasteiger partial charge on any atom is -0.490 e. The Labute approximate surface area is 215 Å². The molecule has 8 nitrogen and oxygen atoms in total. The van der Waals surface area contributed by atoms with Gasteiger partial charge in [0.25, 0.3) is 10.0 Å². The lowest BCUT2D eigenvalue weighted by molar-refractivity contribution is 0.302. The Balaban J connectivity index is 1.30. The van der Waals surface area contributed by atoms with E-state index in [4.69, 9.17) is 27.9 Å². The Bertz CT molecular complexity index is 1640. The third-order valence-corrected chi connectivity index (χ3v) is 7.50. The van der Waals surface area contributed by atoms with Gasteiger partial charge in [-0.2, -0.15) is 0 Å². The number of fused-ring (bicyclic) bond motifs is 1. The van der Waals surface area contributed by atoms with Crippen molar-refractivity contribution in [2.75, 3.05) is 11.3 Å². The Morgan fingerprint density at radius 2 is 1.75 bits per heavy atom. The monoisotopic (exact) mass is 545 g/mol. The number of H-pyrrole nitrogens is 1. The number of aromatic amines is 1. The molecule has 0 unspecified atom stereocenters. The fourth-order valence-electron chi connectivity index (χ4n) is 3.71. The average Bonchev–Trinajstić information content (AvgIpc) is 3.53. The Kier molecular flexibility index (Phi) is 6.57. The summed E-state index contributed by atoms with van der Waals surface area (Å²) in [6, 6.07) is 14.6. The molecular weight excluding hydrogens is 528 g/mol. The summed E-state index contributed by atoms with van der Waals surface area (Å²) in [7, 11) is -4.29. The van der Waals surface area contributed by atoms with Crippen molar-refractivity contribution in [2.45, 2.75) is 11.3 Å². The lowest BCUT2D eigenvalue weighted by Crippen LogP contribution is -2.15. The fraction of sp³-hybridized carbons (Fsp3) is 0.0833. The molecule has 0 saturated heterocycles. The fourth-order valence-corrected chi connectivity index (χ4v) is 5.43. The smallest absolute Gasteiger partial charge is 0.265 e. The molecule has 3 aromatic carbocycles. The van der Waals surface area contributed by atoms with Gasteiger partial charge in [-0.05, 0) is 42.0 Å². The highest BCUT2D eigenvalue weighted by molar-refractivity contribution is 7.92. The van der Waals surface area contributed by atoms with Crippen LogP contribution in [0.3, 0.4) is 0 Å². The molecule has 0 aliphatic carbocycles. The molecule has 0 spiro atoms. The van der Waals surface area contributed by atoms with Crippen LogP contribution >= 0.6 is 23.2 Å². The zero-order chi connectivity index (χ0) is 25.3. The van der Waals surface area contributed by atoms with Gasteiger partial charge in [0.1, 0.15) is 17.6 Å². The van der Waals surface area contributed by atoms with Crippen molar-refractivity contribution in [1.29, 1.82) is 0 Å². The quantitative estimate of drug-likeness (QED) is 0.263. The van der Waals surface area contributed by atoms with Crippen LogP contribution in [-0.4, -0.2) is 34.8 Å². The summed E-state index contributed by atoms with van der Waals surface area (Å²) in [6.45, 7) is 0.151. The molecule has 0 aliphatic heterocycles. The molecule has 0 bridgehead atoms. The largest absolute Gasteiger partial charge is 0.490 e. The highest BCUT2D eigenvalue weighted by Gasteiger charge is 2.24. The second-order valence-electron chi connectivity index (χ2n) is 7.79. The maximum absolute atomic E-state index is 15.2. The molecule has 2 heterocycles. The first-order valence-electron chi connectivity index (χ1n) is 10.7. The van der Waals surface area contributed by atoms with Crippen LogP contribution in [0.25, 0.3) is 16.6 Å². The van der Waals surface area contributed by atoms with Gasteiger partial charge < -0.3 is 9.72 Å². The summed E-state index contributed by atoms with van der Waals surface area (Å²) in [6.07, 6.45) is 5.18. The van der Waals surface area contributed by atoms with Gasteiger partial charge in [0.2, 0.25) is 0 Å². The summed E-state index contributed by atoms with van der Waals surface area (Å²) in [5.41, 5.74) is 2.44. The topological polar surface area (TPSA) is 102 Å². The van der Waals surface area contributed by atoms with Crippen molar-refractivity contribution in [3.8, 4) is 11.4 Å². The Morgan fingerprint density at radius 3 is 2.50 bits per heavy atom. The van der Waals surface area contributed by atoms with Crippen molar-refractivity contribution in [3.63, 3.8) is 0 Å². The van der Waals surface area contributed by atoms with E-state index in [-0.39, 0.29) is 18.0 Å². The molecule has 0 atom stereocenters. The summed E-state index contributed by atoms with van der Waals surface area (Å²) in [4.78, 5) is 2.34. The maximum Gasteiger partial charge on any atom is 0.265 e. The molecule has 5 aromatic rings. The van der Waals surface area contributed by atoms with Crippen molar-refractivity contribution in [1.82, 2.24) is 19.7 Å². The number of ether oxygens (including phenoxy) is 1. The second kappa shape index (κ2) is 9.81. The highest BCUT2D eigenvalue weighted by Crippen LogP contribution is 2.36. The second-order valence-corrected chi connectivity index (χ2v) is 10.3. The van der Waals surface area contributed by atoms with Gasteiger partial charge >= 0.3 is 0 Å². The predicted octanol–water partition coefficient (Wildman–Crippen LogP) is 5.62. The van der Waals surface area contributed by atoms with Crippen LogP contribution in [0.15, 0.2) is 78.3 Å². The van der Waals surface area contributed by atoms with Crippen molar-refractivity contribution >= 4 is 49.8 Å². The summed E-state index contributed by atoms with van der Waals surface area (Å²) in [5.74, 6) is -1.15. The molecule has 184 valence electrons. The number of anilines is 1. The molecule has 12 heteroatoms. The molecule has 2 N–H and O–H groups in total. The third kappa shape index (κ3) is 4.75. The van der Waals surface area contributed by atoms with Crippen LogP contribution in [-0.2, 0) is 16.4 Å². The van der Waals surface area contributed by atoms with E-state index >= 15 is 4.39 Å². The molecule has 2 aromatic heterocycles. The van der Waals surface area contributed by atoms with E-state index in [1.807, 2.05) is 24.3 Å². The van der Waals surface area contributed by atoms with Crippen molar-refractivity contribution < 1.29 is 17.5 Å².